The smallest absolute Gasteiger partial charge is 0.293 e. The highest BCUT2D eigenvalue weighted by molar-refractivity contribution is 14.1. The molecule has 0 amide bonds. The van der Waals surface area contributed by atoms with Crippen LogP contribution in [0.2, 0.25) is 0 Å². The third kappa shape index (κ3) is 2.60. The van der Waals surface area contributed by atoms with Crippen LogP contribution >= 0.6 is 22.6 Å². The van der Waals surface area contributed by atoms with Crippen molar-refractivity contribution in [2.24, 2.45) is 5.92 Å². The Balaban J connectivity index is 1.86. The van der Waals surface area contributed by atoms with Gasteiger partial charge in [0, 0.05) is 24.7 Å². The summed E-state index contributed by atoms with van der Waals surface area (Å²) in [5, 5.41) is 14.3. The minimum atomic E-state index is -0.453. The predicted octanol–water partition coefficient (Wildman–Crippen LogP) is 2.84. The lowest BCUT2D eigenvalue weighted by atomic mass is 9.84. The summed E-state index contributed by atoms with van der Waals surface area (Å²) in [6, 6.07) is 2.72. The number of hydrogen-bond acceptors (Lipinski definition) is 4. The van der Waals surface area contributed by atoms with Crippen LogP contribution in [0.5, 0.6) is 0 Å². The van der Waals surface area contributed by atoms with E-state index in [1.807, 2.05) is 0 Å². The van der Waals surface area contributed by atoms with Gasteiger partial charge in [-0.2, -0.15) is 0 Å². The second kappa shape index (κ2) is 5.44. The molecule has 1 aromatic carbocycles. The monoisotopic (exact) mass is 391 g/mol. The van der Waals surface area contributed by atoms with E-state index in [1.165, 1.54) is 12.1 Å². The number of benzene rings is 1. The highest BCUT2D eigenvalue weighted by Gasteiger charge is 2.35. The molecule has 7 heteroatoms. The summed E-state index contributed by atoms with van der Waals surface area (Å²) in [4.78, 5) is 13.0. The van der Waals surface area contributed by atoms with Crippen molar-refractivity contribution in [2.45, 2.75) is 18.9 Å². The molecule has 0 radical (unpaired) electrons. The first-order chi connectivity index (χ1) is 9.54. The van der Waals surface area contributed by atoms with Crippen LogP contribution in [0, 0.1) is 25.4 Å². The Kier molecular flexibility index (Phi) is 3.80. The van der Waals surface area contributed by atoms with Crippen LogP contribution in [-0.4, -0.2) is 35.5 Å². The van der Waals surface area contributed by atoms with E-state index in [9.17, 15) is 14.5 Å². The number of fused-ring (bicyclic) bond motifs is 3. The Hall–Kier alpha value is -0.960. The van der Waals surface area contributed by atoms with E-state index in [1.54, 1.807) is 22.6 Å². The first kappa shape index (κ1) is 14.0. The Morgan fingerprint density at radius 2 is 2.10 bits per heavy atom. The molecule has 0 aromatic heterocycles. The van der Waals surface area contributed by atoms with Gasteiger partial charge in [-0.05, 0) is 54.4 Å². The molecule has 3 aliphatic rings. The highest BCUT2D eigenvalue weighted by Crippen LogP contribution is 2.34. The average Bonchev–Trinajstić information content (AvgIpc) is 2.43. The van der Waals surface area contributed by atoms with Crippen molar-refractivity contribution in [1.82, 2.24) is 4.90 Å². The molecule has 3 aliphatic heterocycles. The van der Waals surface area contributed by atoms with Crippen LogP contribution in [0.4, 0.5) is 15.8 Å². The van der Waals surface area contributed by atoms with Gasteiger partial charge in [0.2, 0.25) is 0 Å². The number of nitro benzene ring substituents is 1. The van der Waals surface area contributed by atoms with Gasteiger partial charge in [0.25, 0.3) is 5.69 Å². The maximum Gasteiger partial charge on any atom is 0.293 e. The lowest BCUT2D eigenvalue weighted by molar-refractivity contribution is -0.384. The summed E-state index contributed by atoms with van der Waals surface area (Å²) in [6.07, 6.45) is 2.22. The molecule has 0 spiro atoms. The van der Waals surface area contributed by atoms with Crippen molar-refractivity contribution in [1.29, 1.82) is 0 Å². The van der Waals surface area contributed by atoms with E-state index in [0.29, 0.717) is 11.6 Å². The normalized spacial score (nSPS) is 28.4. The van der Waals surface area contributed by atoms with Crippen LogP contribution in [0.15, 0.2) is 12.1 Å². The van der Waals surface area contributed by atoms with Gasteiger partial charge in [-0.15, -0.1) is 0 Å². The summed E-state index contributed by atoms with van der Waals surface area (Å²) in [5.41, 5.74) is 0.249. The second-order valence-corrected chi connectivity index (χ2v) is 6.59. The third-order valence-corrected chi connectivity index (χ3v) is 5.06. The largest absolute Gasteiger partial charge is 0.375 e. The zero-order chi connectivity index (χ0) is 14.3. The van der Waals surface area contributed by atoms with Crippen molar-refractivity contribution >= 4 is 34.0 Å². The van der Waals surface area contributed by atoms with E-state index in [-0.39, 0.29) is 15.3 Å². The third-order valence-electron chi connectivity index (χ3n) is 4.23. The van der Waals surface area contributed by atoms with Crippen LogP contribution in [-0.2, 0) is 0 Å². The molecule has 3 fully saturated rings. The fraction of sp³-hybridized carbons (Fsp3) is 0.538. The van der Waals surface area contributed by atoms with Crippen molar-refractivity contribution in [3.8, 4) is 0 Å². The van der Waals surface area contributed by atoms with Crippen molar-refractivity contribution in [3.63, 3.8) is 0 Å². The molecule has 1 atom stereocenters. The molecule has 108 valence electrons. The number of anilines is 1. The highest BCUT2D eigenvalue weighted by atomic mass is 127. The Morgan fingerprint density at radius 3 is 2.65 bits per heavy atom. The number of hydrogen-bond donors (Lipinski definition) is 1. The lowest BCUT2D eigenvalue weighted by Crippen LogP contribution is -2.53. The number of piperidine rings is 3. The molecular weight excluding hydrogens is 376 g/mol. The van der Waals surface area contributed by atoms with Crippen LogP contribution in [0.25, 0.3) is 0 Å². The molecule has 0 saturated carbocycles. The first-order valence-corrected chi connectivity index (χ1v) is 7.75. The summed E-state index contributed by atoms with van der Waals surface area (Å²) in [7, 11) is 0. The van der Waals surface area contributed by atoms with Crippen LogP contribution in [0.1, 0.15) is 12.8 Å². The molecule has 1 unspecified atom stereocenters. The van der Waals surface area contributed by atoms with Gasteiger partial charge in [0.1, 0.15) is 11.5 Å². The number of nitrogens with zero attached hydrogens (tertiary/aromatic N) is 2. The number of rotatable bonds is 3. The Labute approximate surface area is 129 Å². The number of nitro groups is 1. The SMILES string of the molecule is O=[N+]([O-])c1cc(I)c(F)cc1NC1CN2CCC1CC2. The summed E-state index contributed by atoms with van der Waals surface area (Å²) < 4.78 is 14.0. The Bertz CT molecular complexity index is 547. The predicted molar refractivity (Wildman–Crippen MR) is 82.3 cm³/mol. The molecule has 1 aromatic rings. The maximum absolute atomic E-state index is 13.7. The van der Waals surface area contributed by atoms with E-state index in [0.717, 1.165) is 32.5 Å². The molecule has 0 aliphatic carbocycles. The van der Waals surface area contributed by atoms with E-state index >= 15 is 0 Å². The van der Waals surface area contributed by atoms with Gasteiger partial charge in [-0.25, -0.2) is 4.39 Å². The molecular formula is C13H15FIN3O2. The fourth-order valence-corrected chi connectivity index (χ4v) is 3.58. The molecule has 3 heterocycles. The molecule has 4 rings (SSSR count). The molecule has 20 heavy (non-hydrogen) atoms. The van der Waals surface area contributed by atoms with E-state index in [2.05, 4.69) is 10.2 Å². The summed E-state index contributed by atoms with van der Waals surface area (Å²) in [5.74, 6) is 0.113. The van der Waals surface area contributed by atoms with Gasteiger partial charge >= 0.3 is 0 Å². The molecule has 3 saturated heterocycles. The van der Waals surface area contributed by atoms with Gasteiger partial charge in [-0.3, -0.25) is 10.1 Å². The minimum absolute atomic E-state index is 0.0488. The van der Waals surface area contributed by atoms with Gasteiger partial charge in [0.05, 0.1) is 8.49 Å². The van der Waals surface area contributed by atoms with Gasteiger partial charge < -0.3 is 10.2 Å². The molecule has 2 bridgehead atoms. The standard InChI is InChI=1S/C13H15FIN3O2/c14-9-5-11(13(18(19)20)6-10(9)15)16-12-7-17-3-1-8(12)2-4-17/h5-6,8,12,16H,1-4,7H2. The van der Waals surface area contributed by atoms with Crippen molar-refractivity contribution in [2.75, 3.05) is 25.0 Å². The average molecular weight is 391 g/mol. The summed E-state index contributed by atoms with van der Waals surface area (Å²) in [6.45, 7) is 3.09. The Morgan fingerprint density at radius 1 is 1.40 bits per heavy atom. The van der Waals surface area contributed by atoms with E-state index in [4.69, 9.17) is 0 Å². The zero-order valence-electron chi connectivity index (χ0n) is 10.8. The molecule has 5 nitrogen and oxygen atoms in total. The summed E-state index contributed by atoms with van der Waals surface area (Å²) >= 11 is 1.77. The lowest BCUT2D eigenvalue weighted by Gasteiger charge is -2.45. The quantitative estimate of drug-likeness (QED) is 0.489. The van der Waals surface area contributed by atoms with Gasteiger partial charge in [0.15, 0.2) is 0 Å². The second-order valence-electron chi connectivity index (χ2n) is 5.43. The van der Waals surface area contributed by atoms with E-state index < -0.39 is 10.7 Å². The fourth-order valence-electron chi connectivity index (χ4n) is 3.13. The van der Waals surface area contributed by atoms with Gasteiger partial charge in [-0.1, -0.05) is 0 Å². The molecule has 1 N–H and O–H groups in total. The number of halogens is 2. The number of nitrogens with one attached hydrogen (secondary N) is 1. The van der Waals surface area contributed by atoms with Crippen molar-refractivity contribution in [3.05, 3.63) is 31.6 Å². The van der Waals surface area contributed by atoms with Crippen LogP contribution < -0.4 is 5.32 Å². The first-order valence-electron chi connectivity index (χ1n) is 6.67. The topological polar surface area (TPSA) is 58.4 Å². The zero-order valence-corrected chi connectivity index (χ0v) is 13.0. The maximum atomic E-state index is 13.7. The van der Waals surface area contributed by atoms with Crippen molar-refractivity contribution < 1.29 is 9.31 Å². The minimum Gasteiger partial charge on any atom is -0.375 e. The van der Waals surface area contributed by atoms with Crippen LogP contribution in [0.3, 0.4) is 0 Å².